The fourth-order valence-corrected chi connectivity index (χ4v) is 2.19. The summed E-state index contributed by atoms with van der Waals surface area (Å²) in [5.74, 6) is -1.07. The van der Waals surface area contributed by atoms with Crippen LogP contribution in [0.25, 0.3) is 0 Å². The first-order chi connectivity index (χ1) is 9.89. The first-order valence-corrected chi connectivity index (χ1v) is 7.31. The molecule has 0 aromatic carbocycles. The Morgan fingerprint density at radius 1 is 1.29 bits per heavy atom. The zero-order valence-corrected chi connectivity index (χ0v) is 12.7. The number of likely N-dealkylation sites (tertiary alicyclic amines) is 1. The number of piperidine rings is 1. The first-order valence-electron chi connectivity index (χ1n) is 7.31. The quantitative estimate of drug-likeness (QED) is 0.568. The summed E-state index contributed by atoms with van der Waals surface area (Å²) >= 11 is 0. The molecule has 1 saturated heterocycles. The van der Waals surface area contributed by atoms with Gasteiger partial charge < -0.3 is 20.1 Å². The van der Waals surface area contributed by atoms with E-state index in [4.69, 9.17) is 9.84 Å². The number of carbonyl (C=O) groups excluding carboxylic acids is 2. The molecule has 1 rings (SSSR count). The van der Waals surface area contributed by atoms with Crippen LogP contribution in [0.2, 0.25) is 0 Å². The highest BCUT2D eigenvalue weighted by Crippen LogP contribution is 2.30. The minimum Gasteiger partial charge on any atom is -0.481 e. The lowest BCUT2D eigenvalue weighted by Gasteiger charge is -2.36. The number of nitrogens with one attached hydrogen (secondary N) is 1. The summed E-state index contributed by atoms with van der Waals surface area (Å²) < 4.78 is 4.79. The van der Waals surface area contributed by atoms with Crippen molar-refractivity contribution in [2.24, 2.45) is 5.41 Å². The van der Waals surface area contributed by atoms with Gasteiger partial charge in [0.15, 0.2) is 0 Å². The van der Waals surface area contributed by atoms with Crippen LogP contribution in [0.15, 0.2) is 0 Å². The van der Waals surface area contributed by atoms with E-state index in [0.29, 0.717) is 45.5 Å². The molecule has 0 atom stereocenters. The summed E-state index contributed by atoms with van der Waals surface area (Å²) in [4.78, 5) is 35.8. The van der Waals surface area contributed by atoms with Crippen molar-refractivity contribution in [3.05, 3.63) is 0 Å². The molecular weight excluding hydrogens is 276 g/mol. The second-order valence-corrected chi connectivity index (χ2v) is 5.49. The predicted molar refractivity (Wildman–Crippen MR) is 75.8 cm³/mol. The molecular formula is C14H24N2O5. The molecule has 1 fully saturated rings. The average molecular weight is 300 g/mol. The number of hydrogen-bond donors (Lipinski definition) is 2. The maximum absolute atomic E-state index is 11.9. The SMILES string of the molecule is CCOC(=O)CCCNC(=O)N1CCC(C)(C(=O)O)CC1. The van der Waals surface area contributed by atoms with Crippen molar-refractivity contribution >= 4 is 18.0 Å². The number of carboxylic acid groups (broad SMARTS) is 1. The Morgan fingerprint density at radius 2 is 1.90 bits per heavy atom. The number of amides is 2. The van der Waals surface area contributed by atoms with E-state index in [9.17, 15) is 14.4 Å². The average Bonchev–Trinajstić information content (AvgIpc) is 2.44. The van der Waals surface area contributed by atoms with Crippen molar-refractivity contribution in [3.63, 3.8) is 0 Å². The minimum absolute atomic E-state index is 0.203. The number of carboxylic acids is 1. The summed E-state index contributed by atoms with van der Waals surface area (Å²) in [5.41, 5.74) is -0.735. The Morgan fingerprint density at radius 3 is 2.43 bits per heavy atom. The molecule has 1 aliphatic rings. The molecule has 2 amide bonds. The van der Waals surface area contributed by atoms with E-state index in [0.717, 1.165) is 0 Å². The molecule has 120 valence electrons. The fourth-order valence-electron chi connectivity index (χ4n) is 2.19. The number of ether oxygens (including phenoxy) is 1. The summed E-state index contributed by atoms with van der Waals surface area (Å²) in [6.45, 7) is 5.11. The topological polar surface area (TPSA) is 95.9 Å². The van der Waals surface area contributed by atoms with Gasteiger partial charge in [0.2, 0.25) is 0 Å². The highest BCUT2D eigenvalue weighted by atomic mass is 16.5. The highest BCUT2D eigenvalue weighted by Gasteiger charge is 2.37. The van der Waals surface area contributed by atoms with Gasteiger partial charge >= 0.3 is 18.0 Å². The van der Waals surface area contributed by atoms with Crippen molar-refractivity contribution < 1.29 is 24.2 Å². The Kier molecular flexibility index (Phi) is 6.45. The monoisotopic (exact) mass is 300 g/mol. The third kappa shape index (κ3) is 5.24. The number of carbonyl (C=O) groups is 3. The van der Waals surface area contributed by atoms with E-state index < -0.39 is 11.4 Å². The van der Waals surface area contributed by atoms with Crippen LogP contribution in [0.5, 0.6) is 0 Å². The molecule has 0 aliphatic carbocycles. The lowest BCUT2D eigenvalue weighted by Crippen LogP contribution is -2.48. The summed E-state index contributed by atoms with van der Waals surface area (Å²) in [6, 6.07) is -0.203. The van der Waals surface area contributed by atoms with E-state index in [-0.39, 0.29) is 18.4 Å². The maximum atomic E-state index is 11.9. The van der Waals surface area contributed by atoms with Crippen LogP contribution >= 0.6 is 0 Å². The standard InChI is InChI=1S/C14H24N2O5/c1-3-21-11(17)5-4-8-15-13(20)16-9-6-14(2,7-10-16)12(18)19/h3-10H2,1-2H3,(H,15,20)(H,18,19). The van der Waals surface area contributed by atoms with Gasteiger partial charge in [0, 0.05) is 26.1 Å². The lowest BCUT2D eigenvalue weighted by atomic mass is 9.80. The molecule has 1 heterocycles. The van der Waals surface area contributed by atoms with Crippen LogP contribution in [0.1, 0.15) is 39.5 Å². The normalized spacial score (nSPS) is 17.1. The molecule has 0 spiro atoms. The predicted octanol–water partition coefficient (Wildman–Crippen LogP) is 1.23. The van der Waals surface area contributed by atoms with Crippen LogP contribution in [0.3, 0.4) is 0 Å². The van der Waals surface area contributed by atoms with E-state index in [2.05, 4.69) is 5.32 Å². The Hall–Kier alpha value is -1.79. The van der Waals surface area contributed by atoms with Crippen LogP contribution in [-0.4, -0.2) is 54.2 Å². The minimum atomic E-state index is -0.808. The molecule has 7 heteroatoms. The molecule has 1 aliphatic heterocycles. The van der Waals surface area contributed by atoms with Crippen LogP contribution in [-0.2, 0) is 14.3 Å². The molecule has 21 heavy (non-hydrogen) atoms. The summed E-state index contributed by atoms with van der Waals surface area (Å²) in [7, 11) is 0. The van der Waals surface area contributed by atoms with Crippen molar-refractivity contribution in [1.82, 2.24) is 10.2 Å². The number of aliphatic carboxylic acids is 1. The number of hydrogen-bond acceptors (Lipinski definition) is 4. The number of nitrogens with zero attached hydrogens (tertiary/aromatic N) is 1. The van der Waals surface area contributed by atoms with E-state index in [1.165, 1.54) is 0 Å². The number of urea groups is 1. The van der Waals surface area contributed by atoms with Gasteiger partial charge in [-0.1, -0.05) is 0 Å². The van der Waals surface area contributed by atoms with Crippen molar-refractivity contribution in [1.29, 1.82) is 0 Å². The third-order valence-electron chi connectivity index (χ3n) is 3.81. The van der Waals surface area contributed by atoms with Gasteiger partial charge in [0.05, 0.1) is 12.0 Å². The van der Waals surface area contributed by atoms with Crippen molar-refractivity contribution in [2.75, 3.05) is 26.2 Å². The van der Waals surface area contributed by atoms with Gasteiger partial charge in [-0.05, 0) is 33.1 Å². The Labute approximate surface area is 124 Å². The Bertz CT molecular complexity index is 389. The van der Waals surface area contributed by atoms with Crippen LogP contribution < -0.4 is 5.32 Å². The van der Waals surface area contributed by atoms with Crippen LogP contribution in [0, 0.1) is 5.41 Å². The molecule has 0 radical (unpaired) electrons. The molecule has 0 unspecified atom stereocenters. The van der Waals surface area contributed by atoms with Gasteiger partial charge in [-0.2, -0.15) is 0 Å². The smallest absolute Gasteiger partial charge is 0.317 e. The maximum Gasteiger partial charge on any atom is 0.317 e. The summed E-state index contributed by atoms with van der Waals surface area (Å²) in [6.07, 6.45) is 1.73. The molecule has 2 N–H and O–H groups in total. The fraction of sp³-hybridized carbons (Fsp3) is 0.786. The molecule has 0 aromatic rings. The van der Waals surface area contributed by atoms with Crippen molar-refractivity contribution in [2.45, 2.75) is 39.5 Å². The molecule has 7 nitrogen and oxygen atoms in total. The van der Waals surface area contributed by atoms with Crippen molar-refractivity contribution in [3.8, 4) is 0 Å². The van der Waals surface area contributed by atoms with E-state index in [1.807, 2.05) is 0 Å². The number of rotatable bonds is 6. The van der Waals surface area contributed by atoms with Gasteiger partial charge in [-0.15, -0.1) is 0 Å². The number of esters is 1. The van der Waals surface area contributed by atoms with Gasteiger partial charge in [0.1, 0.15) is 0 Å². The molecule has 0 bridgehead atoms. The molecule has 0 saturated carbocycles. The zero-order valence-electron chi connectivity index (χ0n) is 12.7. The van der Waals surface area contributed by atoms with E-state index >= 15 is 0 Å². The second-order valence-electron chi connectivity index (χ2n) is 5.49. The summed E-state index contributed by atoms with van der Waals surface area (Å²) in [5, 5.41) is 11.9. The largest absolute Gasteiger partial charge is 0.481 e. The Balaban J connectivity index is 2.23. The second kappa shape index (κ2) is 7.85. The highest BCUT2D eigenvalue weighted by molar-refractivity contribution is 5.77. The first kappa shape index (κ1) is 17.3. The van der Waals surface area contributed by atoms with Crippen LogP contribution in [0.4, 0.5) is 4.79 Å². The van der Waals surface area contributed by atoms with Gasteiger partial charge in [-0.25, -0.2) is 4.79 Å². The third-order valence-corrected chi connectivity index (χ3v) is 3.81. The van der Waals surface area contributed by atoms with Gasteiger partial charge in [0.25, 0.3) is 0 Å². The zero-order chi connectivity index (χ0) is 15.9. The van der Waals surface area contributed by atoms with E-state index in [1.54, 1.807) is 18.7 Å². The molecule has 0 aromatic heterocycles. The lowest BCUT2D eigenvalue weighted by molar-refractivity contribution is -0.150. The van der Waals surface area contributed by atoms with Gasteiger partial charge in [-0.3, -0.25) is 9.59 Å².